The molecule has 1 aromatic rings. The Labute approximate surface area is 143 Å². The Morgan fingerprint density at radius 1 is 1.52 bits per heavy atom. The van der Waals surface area contributed by atoms with E-state index >= 15 is 0 Å². The molecule has 1 heterocycles. The highest BCUT2D eigenvalue weighted by atomic mass is 79.9. The van der Waals surface area contributed by atoms with E-state index in [-0.39, 0.29) is 24.3 Å². The summed E-state index contributed by atoms with van der Waals surface area (Å²) in [6.07, 6.45) is 5.14. The summed E-state index contributed by atoms with van der Waals surface area (Å²) < 4.78 is 1.71. The summed E-state index contributed by atoms with van der Waals surface area (Å²) in [6.45, 7) is 3.78. The average Bonchev–Trinajstić information content (AvgIpc) is 3.17. The Kier molecular flexibility index (Phi) is 4.44. The summed E-state index contributed by atoms with van der Waals surface area (Å²) in [4.78, 5) is 22.6. The maximum absolute atomic E-state index is 12.3. The normalized spacial score (nSPS) is 27.2. The van der Waals surface area contributed by atoms with E-state index in [0.717, 1.165) is 11.8 Å². The Morgan fingerprint density at radius 2 is 2.26 bits per heavy atom. The highest BCUT2D eigenvalue weighted by Crippen LogP contribution is 2.49. The van der Waals surface area contributed by atoms with Gasteiger partial charge in [0.05, 0.1) is 10.8 Å². The first kappa shape index (κ1) is 16.4. The van der Waals surface area contributed by atoms with Crippen molar-refractivity contribution in [3.8, 4) is 0 Å². The van der Waals surface area contributed by atoms with Crippen LogP contribution < -0.4 is 5.32 Å². The minimum atomic E-state index is -0.552. The smallest absolute Gasteiger partial charge is 0.358 e. The maximum Gasteiger partial charge on any atom is 0.404 e. The maximum atomic E-state index is 12.3. The number of aromatic nitrogens is 2. The van der Waals surface area contributed by atoms with Gasteiger partial charge in [0.1, 0.15) is 11.0 Å². The number of nitro groups is 1. The van der Waals surface area contributed by atoms with Crippen LogP contribution in [0.25, 0.3) is 0 Å². The van der Waals surface area contributed by atoms with Crippen molar-refractivity contribution in [3.05, 3.63) is 20.3 Å². The highest BCUT2D eigenvalue weighted by Gasteiger charge is 2.42. The zero-order valence-corrected chi connectivity index (χ0v) is 14.9. The average molecular weight is 385 g/mol. The molecule has 3 rings (SSSR count). The van der Waals surface area contributed by atoms with Crippen molar-refractivity contribution in [2.45, 2.75) is 52.1 Å². The van der Waals surface area contributed by atoms with Gasteiger partial charge >= 0.3 is 5.82 Å². The lowest BCUT2D eigenvalue weighted by Crippen LogP contribution is -2.41. The van der Waals surface area contributed by atoms with Crippen LogP contribution >= 0.6 is 15.9 Å². The van der Waals surface area contributed by atoms with Gasteiger partial charge in [0.15, 0.2) is 0 Å². The Hall–Kier alpha value is -1.44. The van der Waals surface area contributed by atoms with Crippen LogP contribution in [0.3, 0.4) is 0 Å². The molecule has 0 aromatic carbocycles. The summed E-state index contributed by atoms with van der Waals surface area (Å²) in [5.74, 6) is 1.76. The van der Waals surface area contributed by atoms with Crippen LogP contribution in [0.4, 0.5) is 5.82 Å². The van der Waals surface area contributed by atoms with E-state index in [9.17, 15) is 14.9 Å². The molecule has 1 amide bonds. The van der Waals surface area contributed by atoms with Crippen molar-refractivity contribution >= 4 is 27.7 Å². The van der Waals surface area contributed by atoms with Gasteiger partial charge in [-0.25, -0.2) is 0 Å². The molecule has 126 valence electrons. The van der Waals surface area contributed by atoms with Gasteiger partial charge in [0.2, 0.25) is 5.91 Å². The standard InChI is InChI=1S/C15H21BrN4O3/c1-8(12-6-10-3-4-11(12)5-10)17-13(21)7-19-9(2)14(16)15(18-19)20(22)23/h8,10-12H,3-7H2,1-2H3,(H,17,21)/t8-,10-,11-,12-/m0/s1. The molecule has 1 aromatic heterocycles. The number of amides is 1. The van der Waals surface area contributed by atoms with Crippen LogP contribution in [0, 0.1) is 34.8 Å². The lowest BCUT2D eigenvalue weighted by atomic mass is 9.84. The first-order valence-electron chi connectivity index (χ1n) is 8.03. The van der Waals surface area contributed by atoms with Crippen LogP contribution in [-0.4, -0.2) is 26.7 Å². The molecule has 2 aliphatic carbocycles. The van der Waals surface area contributed by atoms with Crippen LogP contribution in [-0.2, 0) is 11.3 Å². The second-order valence-electron chi connectivity index (χ2n) is 6.83. The lowest BCUT2D eigenvalue weighted by Gasteiger charge is -2.28. The number of fused-ring (bicyclic) bond motifs is 2. The summed E-state index contributed by atoms with van der Waals surface area (Å²) >= 11 is 3.16. The third-order valence-electron chi connectivity index (χ3n) is 5.41. The lowest BCUT2D eigenvalue weighted by molar-refractivity contribution is -0.390. The van der Waals surface area contributed by atoms with E-state index in [1.165, 1.54) is 30.4 Å². The molecule has 0 spiro atoms. The van der Waals surface area contributed by atoms with Gasteiger partial charge in [0, 0.05) is 6.04 Å². The predicted octanol–water partition coefficient (Wildman–Crippen LogP) is 2.80. The molecular formula is C15H21BrN4O3. The van der Waals surface area contributed by atoms with Gasteiger partial charge in [-0.1, -0.05) is 6.42 Å². The van der Waals surface area contributed by atoms with Gasteiger partial charge in [-0.2, -0.15) is 4.68 Å². The second-order valence-corrected chi connectivity index (χ2v) is 7.63. The van der Waals surface area contributed by atoms with Crippen molar-refractivity contribution in [2.75, 3.05) is 0 Å². The molecule has 1 N–H and O–H groups in total. The van der Waals surface area contributed by atoms with Crippen LogP contribution in [0.1, 0.15) is 38.3 Å². The molecule has 2 bridgehead atoms. The fourth-order valence-corrected chi connectivity index (χ4v) is 4.66. The summed E-state index contributed by atoms with van der Waals surface area (Å²) in [5.41, 5.74) is 0.583. The van der Waals surface area contributed by atoms with Crippen LogP contribution in [0.15, 0.2) is 4.47 Å². The first-order chi connectivity index (χ1) is 10.9. The first-order valence-corrected chi connectivity index (χ1v) is 8.82. The van der Waals surface area contributed by atoms with Crippen LogP contribution in [0.5, 0.6) is 0 Å². The minimum absolute atomic E-state index is 0.00340. The van der Waals surface area contributed by atoms with Crippen molar-refractivity contribution in [1.82, 2.24) is 15.1 Å². The molecule has 2 saturated carbocycles. The molecule has 23 heavy (non-hydrogen) atoms. The van der Waals surface area contributed by atoms with E-state index in [2.05, 4.69) is 33.3 Å². The summed E-state index contributed by atoms with van der Waals surface area (Å²) in [7, 11) is 0. The molecule has 7 nitrogen and oxygen atoms in total. The molecule has 4 atom stereocenters. The van der Waals surface area contributed by atoms with Crippen molar-refractivity contribution < 1.29 is 9.72 Å². The minimum Gasteiger partial charge on any atom is -0.358 e. The molecular weight excluding hydrogens is 364 g/mol. The van der Waals surface area contributed by atoms with E-state index in [1.807, 2.05) is 0 Å². The zero-order chi connectivity index (χ0) is 16.7. The van der Waals surface area contributed by atoms with Crippen molar-refractivity contribution in [3.63, 3.8) is 0 Å². The van der Waals surface area contributed by atoms with E-state index < -0.39 is 4.92 Å². The fourth-order valence-electron chi connectivity index (χ4n) is 4.23. The Morgan fingerprint density at radius 3 is 2.78 bits per heavy atom. The molecule has 2 fully saturated rings. The quantitative estimate of drug-likeness (QED) is 0.624. The third-order valence-corrected chi connectivity index (χ3v) is 6.34. The topological polar surface area (TPSA) is 90.1 Å². The number of nitrogens with zero attached hydrogens (tertiary/aromatic N) is 3. The molecule has 8 heteroatoms. The molecule has 0 saturated heterocycles. The fraction of sp³-hybridized carbons (Fsp3) is 0.733. The number of rotatable bonds is 5. The predicted molar refractivity (Wildman–Crippen MR) is 87.9 cm³/mol. The highest BCUT2D eigenvalue weighted by molar-refractivity contribution is 9.10. The number of carbonyl (C=O) groups is 1. The van der Waals surface area contributed by atoms with Gasteiger partial charge < -0.3 is 15.4 Å². The van der Waals surface area contributed by atoms with Crippen molar-refractivity contribution in [2.24, 2.45) is 17.8 Å². The summed E-state index contributed by atoms with van der Waals surface area (Å²) in [6, 6.07) is 0.145. The Bertz CT molecular complexity index is 645. The molecule has 0 aliphatic heterocycles. The number of hydrogen-bond donors (Lipinski definition) is 1. The van der Waals surface area contributed by atoms with Gasteiger partial charge in [-0.15, -0.1) is 0 Å². The number of halogens is 1. The van der Waals surface area contributed by atoms with Gasteiger partial charge in [-0.05, 0) is 71.7 Å². The van der Waals surface area contributed by atoms with E-state index in [1.54, 1.807) is 6.92 Å². The molecule has 0 radical (unpaired) electrons. The second kappa shape index (κ2) is 6.22. The van der Waals surface area contributed by atoms with E-state index in [0.29, 0.717) is 16.1 Å². The summed E-state index contributed by atoms with van der Waals surface area (Å²) in [5, 5.41) is 17.9. The van der Waals surface area contributed by atoms with Crippen LogP contribution in [0.2, 0.25) is 0 Å². The Balaban J connectivity index is 1.61. The number of hydrogen-bond acceptors (Lipinski definition) is 4. The zero-order valence-electron chi connectivity index (χ0n) is 13.3. The number of nitrogens with one attached hydrogen (secondary N) is 1. The third kappa shape index (κ3) is 3.13. The van der Waals surface area contributed by atoms with Crippen molar-refractivity contribution in [1.29, 1.82) is 0 Å². The molecule has 0 unspecified atom stereocenters. The monoisotopic (exact) mass is 384 g/mol. The van der Waals surface area contributed by atoms with E-state index in [4.69, 9.17) is 0 Å². The molecule has 2 aliphatic rings. The number of carbonyl (C=O) groups excluding carboxylic acids is 1. The van der Waals surface area contributed by atoms with Gasteiger partial charge in [0.25, 0.3) is 0 Å². The SMILES string of the molecule is Cc1c(Br)c([N+](=O)[O-])nn1CC(=O)N[C@@H](C)[C@@H]1C[C@H]2CC[C@H]1C2. The van der Waals surface area contributed by atoms with Gasteiger partial charge in [-0.3, -0.25) is 4.79 Å². The largest absolute Gasteiger partial charge is 0.404 e.